The highest BCUT2D eigenvalue weighted by Crippen LogP contribution is 2.16. The maximum atomic E-state index is 4.30. The van der Waals surface area contributed by atoms with E-state index in [0.717, 1.165) is 18.1 Å². The normalized spacial score (nSPS) is 12.9. The van der Waals surface area contributed by atoms with Gasteiger partial charge in [-0.15, -0.1) is 22.7 Å². The molecule has 0 amide bonds. The fraction of sp³-hybridized carbons (Fsp3) is 0.400. The van der Waals surface area contributed by atoms with Crippen LogP contribution in [0.4, 0.5) is 0 Å². The second-order valence-corrected chi connectivity index (χ2v) is 5.23. The minimum Gasteiger partial charge on any atom is -0.310 e. The highest BCUT2D eigenvalue weighted by Gasteiger charge is 2.07. The Morgan fingerprint density at radius 3 is 2.73 bits per heavy atom. The first kappa shape index (κ1) is 10.7. The number of hydrogen-bond donors (Lipinski definition) is 1. The minimum atomic E-state index is 0.477. The van der Waals surface area contributed by atoms with E-state index in [1.54, 1.807) is 22.7 Å². The predicted molar refractivity (Wildman–Crippen MR) is 64.3 cm³/mol. The molecule has 1 N–H and O–H groups in total. The van der Waals surface area contributed by atoms with Crippen molar-refractivity contribution in [1.82, 2.24) is 15.3 Å². The van der Waals surface area contributed by atoms with Crippen molar-refractivity contribution in [3.05, 3.63) is 33.2 Å². The van der Waals surface area contributed by atoms with Crippen molar-refractivity contribution in [2.45, 2.75) is 19.4 Å². The molecule has 80 valence electrons. The van der Waals surface area contributed by atoms with E-state index in [9.17, 15) is 0 Å². The van der Waals surface area contributed by atoms with E-state index in [1.807, 2.05) is 23.2 Å². The zero-order valence-electron chi connectivity index (χ0n) is 8.51. The van der Waals surface area contributed by atoms with Crippen LogP contribution in [0.5, 0.6) is 0 Å². The molecule has 15 heavy (non-hydrogen) atoms. The molecule has 2 heterocycles. The Hall–Kier alpha value is -0.780. The summed E-state index contributed by atoms with van der Waals surface area (Å²) in [6, 6.07) is 0. The zero-order chi connectivity index (χ0) is 10.5. The van der Waals surface area contributed by atoms with Crippen molar-refractivity contribution in [2.75, 3.05) is 6.54 Å². The average Bonchev–Trinajstić information content (AvgIpc) is 2.90. The van der Waals surface area contributed by atoms with Crippen LogP contribution in [0, 0.1) is 0 Å². The van der Waals surface area contributed by atoms with E-state index in [0.29, 0.717) is 5.92 Å². The molecule has 2 aromatic heterocycles. The third kappa shape index (κ3) is 3.09. The monoisotopic (exact) mass is 239 g/mol. The van der Waals surface area contributed by atoms with Gasteiger partial charge in [0.05, 0.1) is 5.01 Å². The van der Waals surface area contributed by atoms with Crippen LogP contribution >= 0.6 is 22.7 Å². The first-order chi connectivity index (χ1) is 7.36. The van der Waals surface area contributed by atoms with Gasteiger partial charge in [-0.05, 0) is 0 Å². The summed E-state index contributed by atoms with van der Waals surface area (Å²) in [7, 11) is 0. The second kappa shape index (κ2) is 5.34. The Labute approximate surface area is 97.2 Å². The molecule has 1 atom stereocenters. The average molecular weight is 239 g/mol. The number of hydrogen-bond acceptors (Lipinski definition) is 5. The van der Waals surface area contributed by atoms with Gasteiger partial charge < -0.3 is 5.32 Å². The molecule has 1 unspecified atom stereocenters. The summed E-state index contributed by atoms with van der Waals surface area (Å²) < 4.78 is 0. The molecule has 0 bridgehead atoms. The van der Waals surface area contributed by atoms with E-state index in [4.69, 9.17) is 0 Å². The first-order valence-corrected chi connectivity index (χ1v) is 6.60. The number of nitrogens with zero attached hydrogens (tertiary/aromatic N) is 2. The molecule has 0 fully saturated rings. The molecule has 0 saturated heterocycles. The van der Waals surface area contributed by atoms with Gasteiger partial charge in [-0.3, -0.25) is 0 Å². The van der Waals surface area contributed by atoms with Crippen LogP contribution in [0.25, 0.3) is 0 Å². The molecule has 0 spiro atoms. The molecule has 0 aliphatic heterocycles. The molecular formula is C10H13N3S2. The van der Waals surface area contributed by atoms with Crippen LogP contribution in [-0.2, 0) is 6.54 Å². The Kier molecular flexibility index (Phi) is 3.82. The van der Waals surface area contributed by atoms with E-state index >= 15 is 0 Å². The van der Waals surface area contributed by atoms with Gasteiger partial charge in [-0.25, -0.2) is 9.97 Å². The van der Waals surface area contributed by atoms with Crippen molar-refractivity contribution in [3.63, 3.8) is 0 Å². The molecule has 3 nitrogen and oxygen atoms in total. The minimum absolute atomic E-state index is 0.477. The maximum Gasteiger partial charge on any atom is 0.106 e. The quantitative estimate of drug-likeness (QED) is 0.871. The molecule has 0 saturated carbocycles. The van der Waals surface area contributed by atoms with E-state index in [1.165, 1.54) is 5.01 Å². The lowest BCUT2D eigenvalue weighted by molar-refractivity contribution is 0.611. The molecule has 5 heteroatoms. The van der Waals surface area contributed by atoms with Gasteiger partial charge in [0.1, 0.15) is 5.01 Å². The lowest BCUT2D eigenvalue weighted by Crippen LogP contribution is -2.19. The Morgan fingerprint density at radius 1 is 1.27 bits per heavy atom. The van der Waals surface area contributed by atoms with E-state index in [-0.39, 0.29) is 0 Å². The van der Waals surface area contributed by atoms with Gasteiger partial charge in [0, 0.05) is 42.2 Å². The Balaban J connectivity index is 1.74. The number of thiazole rings is 2. The second-order valence-electron chi connectivity index (χ2n) is 3.33. The fourth-order valence-electron chi connectivity index (χ4n) is 1.30. The van der Waals surface area contributed by atoms with E-state index in [2.05, 4.69) is 22.2 Å². The molecule has 0 aromatic carbocycles. The van der Waals surface area contributed by atoms with Crippen LogP contribution in [-0.4, -0.2) is 16.5 Å². The van der Waals surface area contributed by atoms with Crippen molar-refractivity contribution in [1.29, 1.82) is 0 Å². The third-order valence-electron chi connectivity index (χ3n) is 2.08. The molecule has 0 radical (unpaired) electrons. The fourth-order valence-corrected chi connectivity index (χ4v) is 2.59. The lowest BCUT2D eigenvalue weighted by atomic mass is 10.2. The van der Waals surface area contributed by atoms with Crippen molar-refractivity contribution in [2.24, 2.45) is 0 Å². The number of nitrogens with one attached hydrogen (secondary N) is 1. The molecule has 0 aliphatic rings. The van der Waals surface area contributed by atoms with Gasteiger partial charge in [0.2, 0.25) is 0 Å². The highest BCUT2D eigenvalue weighted by molar-refractivity contribution is 7.09. The van der Waals surface area contributed by atoms with Gasteiger partial charge in [-0.2, -0.15) is 0 Å². The summed E-state index contributed by atoms with van der Waals surface area (Å²) in [6.07, 6.45) is 3.70. The Bertz CT molecular complexity index is 369. The molecular weight excluding hydrogens is 226 g/mol. The van der Waals surface area contributed by atoms with Gasteiger partial charge in [-0.1, -0.05) is 6.92 Å². The first-order valence-electron chi connectivity index (χ1n) is 4.84. The SMILES string of the molecule is CC(CNCc1nccs1)c1nccs1. The molecule has 2 aromatic rings. The number of aromatic nitrogens is 2. The lowest BCUT2D eigenvalue weighted by Gasteiger charge is -2.08. The predicted octanol–water partition coefficient (Wildman–Crippen LogP) is 2.49. The Morgan fingerprint density at radius 2 is 2.07 bits per heavy atom. The standard InChI is InChI=1S/C10H13N3S2/c1-8(10-13-3-5-15-10)6-11-7-9-12-2-4-14-9/h2-5,8,11H,6-7H2,1H3. The summed E-state index contributed by atoms with van der Waals surface area (Å²) in [6.45, 7) is 3.99. The zero-order valence-corrected chi connectivity index (χ0v) is 10.1. The maximum absolute atomic E-state index is 4.30. The van der Waals surface area contributed by atoms with Crippen LogP contribution in [0.1, 0.15) is 22.9 Å². The summed E-state index contributed by atoms with van der Waals surface area (Å²) in [5.41, 5.74) is 0. The van der Waals surface area contributed by atoms with Crippen molar-refractivity contribution in [3.8, 4) is 0 Å². The van der Waals surface area contributed by atoms with Crippen LogP contribution in [0.15, 0.2) is 23.2 Å². The van der Waals surface area contributed by atoms with E-state index < -0.39 is 0 Å². The number of rotatable bonds is 5. The summed E-state index contributed by atoms with van der Waals surface area (Å²) >= 11 is 3.40. The van der Waals surface area contributed by atoms with Crippen LogP contribution in [0.3, 0.4) is 0 Å². The van der Waals surface area contributed by atoms with Crippen molar-refractivity contribution >= 4 is 22.7 Å². The van der Waals surface area contributed by atoms with Crippen LogP contribution in [0.2, 0.25) is 0 Å². The summed E-state index contributed by atoms with van der Waals surface area (Å²) in [4.78, 5) is 8.52. The summed E-state index contributed by atoms with van der Waals surface area (Å²) in [5, 5.41) is 9.75. The topological polar surface area (TPSA) is 37.8 Å². The molecule has 0 aliphatic carbocycles. The largest absolute Gasteiger partial charge is 0.310 e. The summed E-state index contributed by atoms with van der Waals surface area (Å²) in [5.74, 6) is 0.477. The molecule has 2 rings (SSSR count). The third-order valence-corrected chi connectivity index (χ3v) is 3.87. The van der Waals surface area contributed by atoms with Crippen molar-refractivity contribution < 1.29 is 0 Å². The van der Waals surface area contributed by atoms with Gasteiger partial charge in [0.25, 0.3) is 0 Å². The smallest absolute Gasteiger partial charge is 0.106 e. The van der Waals surface area contributed by atoms with Gasteiger partial charge in [0.15, 0.2) is 0 Å². The van der Waals surface area contributed by atoms with Gasteiger partial charge >= 0.3 is 0 Å². The highest BCUT2D eigenvalue weighted by atomic mass is 32.1. The van der Waals surface area contributed by atoms with Crippen LogP contribution < -0.4 is 5.32 Å².